The quantitative estimate of drug-likeness (QED) is 0.520. The van der Waals surface area contributed by atoms with Crippen molar-refractivity contribution in [3.63, 3.8) is 0 Å². The highest BCUT2D eigenvalue weighted by Gasteiger charge is 2.00. The Hall–Kier alpha value is -0.780. The van der Waals surface area contributed by atoms with Gasteiger partial charge in [0.2, 0.25) is 0 Å². The molecular formula is C21H42. The molecule has 126 valence electrons. The number of hydrogen-bond acceptors (Lipinski definition) is 0. The normalized spacial score (nSPS) is 9.81. The Balaban J connectivity index is -0.000000304. The van der Waals surface area contributed by atoms with Crippen molar-refractivity contribution in [2.75, 3.05) is 0 Å². The molecule has 0 heterocycles. The van der Waals surface area contributed by atoms with Gasteiger partial charge >= 0.3 is 0 Å². The number of rotatable bonds is 2. The molecule has 0 radical (unpaired) electrons. The topological polar surface area (TPSA) is 0 Å². The van der Waals surface area contributed by atoms with Crippen molar-refractivity contribution in [3.05, 3.63) is 35.4 Å². The molecule has 0 atom stereocenters. The Morgan fingerprint density at radius 2 is 0.619 bits per heavy atom. The maximum atomic E-state index is 2.24. The van der Waals surface area contributed by atoms with Crippen LogP contribution in [0.25, 0.3) is 0 Å². The zero-order valence-electron chi connectivity index (χ0n) is 15.6. The van der Waals surface area contributed by atoms with Gasteiger partial charge in [-0.25, -0.2) is 0 Å². The van der Waals surface area contributed by atoms with Gasteiger partial charge in [-0.1, -0.05) is 101 Å². The highest BCUT2D eigenvalue weighted by atomic mass is 14.1. The summed E-state index contributed by atoms with van der Waals surface area (Å²) in [6.45, 7) is 21.9. The molecule has 0 aromatic heterocycles. The van der Waals surface area contributed by atoms with E-state index in [1.165, 1.54) is 11.1 Å². The van der Waals surface area contributed by atoms with E-state index in [0.29, 0.717) is 11.8 Å². The van der Waals surface area contributed by atoms with Crippen molar-refractivity contribution in [2.24, 2.45) is 11.8 Å². The van der Waals surface area contributed by atoms with Crippen molar-refractivity contribution in [1.29, 1.82) is 0 Å². The highest BCUT2D eigenvalue weighted by molar-refractivity contribution is 5.26. The lowest BCUT2D eigenvalue weighted by molar-refractivity contribution is 0.736. The lowest BCUT2D eigenvalue weighted by Crippen LogP contribution is -1.90. The Kier molecular flexibility index (Phi) is 17.0. The van der Waals surface area contributed by atoms with Crippen LogP contribution in [0.2, 0.25) is 0 Å². The fraction of sp³-hybridized carbons (Fsp3) is 0.714. The Morgan fingerprint density at radius 1 is 0.476 bits per heavy atom. The first-order chi connectivity index (χ1) is 9.07. The molecule has 1 aromatic carbocycles. The monoisotopic (exact) mass is 294 g/mol. The van der Waals surface area contributed by atoms with E-state index < -0.39 is 0 Å². The Labute approximate surface area is 136 Å². The first-order valence-electron chi connectivity index (χ1n) is 8.17. The van der Waals surface area contributed by atoms with Crippen molar-refractivity contribution >= 4 is 0 Å². The zero-order chi connectivity index (χ0) is 16.3. The highest BCUT2D eigenvalue weighted by Crippen LogP contribution is 2.18. The fourth-order valence-corrected chi connectivity index (χ4v) is 1.27. The number of benzene rings is 1. The molecule has 0 aliphatic rings. The van der Waals surface area contributed by atoms with Crippen LogP contribution in [0.3, 0.4) is 0 Å². The molecule has 1 aromatic rings. The van der Waals surface area contributed by atoms with Crippen molar-refractivity contribution in [1.82, 2.24) is 0 Å². The van der Waals surface area contributed by atoms with Crippen LogP contribution < -0.4 is 0 Å². The average Bonchev–Trinajstić information content (AvgIpc) is 2.27. The molecule has 0 amide bonds. The van der Waals surface area contributed by atoms with Gasteiger partial charge in [-0.05, 0) is 34.8 Å². The minimum Gasteiger partial charge on any atom is -0.0776 e. The third-order valence-corrected chi connectivity index (χ3v) is 2.27. The molecular weight excluding hydrogens is 252 g/mol. The molecule has 0 heteroatoms. The van der Waals surface area contributed by atoms with Crippen LogP contribution >= 0.6 is 0 Å². The molecule has 0 nitrogen and oxygen atoms in total. The molecule has 1 rings (SSSR count). The Bertz CT molecular complexity index is 263. The molecule has 0 aliphatic heterocycles. The molecule has 0 spiro atoms. The van der Waals surface area contributed by atoms with E-state index in [1.54, 1.807) is 0 Å². The lowest BCUT2D eigenvalue weighted by Gasteiger charge is -2.08. The standard InChI is InChI=1S/C12H18.2C4H10.CH4/c1-9(2)11-5-7-12(8-6-11)10(3)4;2*1-4(2)3;/h5-10H,1-4H3;2*4H,1-3H3;1H4. The Morgan fingerprint density at radius 3 is 0.714 bits per heavy atom. The zero-order valence-corrected chi connectivity index (χ0v) is 15.6. The lowest BCUT2D eigenvalue weighted by atomic mass is 9.97. The molecule has 0 fully saturated rings. The van der Waals surface area contributed by atoms with Gasteiger partial charge in [-0.15, -0.1) is 0 Å². The summed E-state index contributed by atoms with van der Waals surface area (Å²) in [5.74, 6) is 2.96. The maximum absolute atomic E-state index is 2.24. The summed E-state index contributed by atoms with van der Waals surface area (Å²) in [6.07, 6.45) is 0. The van der Waals surface area contributed by atoms with Crippen LogP contribution in [0.1, 0.15) is 99.6 Å². The van der Waals surface area contributed by atoms with Gasteiger partial charge in [0, 0.05) is 0 Å². The van der Waals surface area contributed by atoms with Crippen molar-refractivity contribution in [2.45, 2.75) is 88.5 Å². The largest absolute Gasteiger partial charge is 0.0776 e. The molecule has 0 bridgehead atoms. The van der Waals surface area contributed by atoms with E-state index in [9.17, 15) is 0 Å². The van der Waals surface area contributed by atoms with Crippen molar-refractivity contribution in [3.8, 4) is 0 Å². The summed E-state index contributed by atoms with van der Waals surface area (Å²) < 4.78 is 0. The van der Waals surface area contributed by atoms with E-state index in [4.69, 9.17) is 0 Å². The molecule has 0 N–H and O–H groups in total. The van der Waals surface area contributed by atoms with E-state index in [-0.39, 0.29) is 7.43 Å². The molecule has 0 saturated carbocycles. The summed E-state index contributed by atoms with van der Waals surface area (Å²) in [5.41, 5.74) is 2.86. The van der Waals surface area contributed by atoms with Crippen LogP contribution in [0.4, 0.5) is 0 Å². The summed E-state index contributed by atoms with van der Waals surface area (Å²) in [6, 6.07) is 8.94. The second kappa shape index (κ2) is 14.2. The maximum Gasteiger partial charge on any atom is -0.0219 e. The minimum absolute atomic E-state index is 0. The predicted octanol–water partition coefficient (Wildman–Crippen LogP) is 7.89. The van der Waals surface area contributed by atoms with Crippen LogP contribution in [0.5, 0.6) is 0 Å². The van der Waals surface area contributed by atoms with E-state index in [1.807, 2.05) is 0 Å². The van der Waals surface area contributed by atoms with Gasteiger partial charge in [-0.2, -0.15) is 0 Å². The van der Waals surface area contributed by atoms with E-state index in [2.05, 4.69) is 93.5 Å². The third-order valence-electron chi connectivity index (χ3n) is 2.27. The van der Waals surface area contributed by atoms with Gasteiger partial charge in [0.25, 0.3) is 0 Å². The first-order valence-corrected chi connectivity index (χ1v) is 8.17. The van der Waals surface area contributed by atoms with Crippen molar-refractivity contribution < 1.29 is 0 Å². The van der Waals surface area contributed by atoms with Gasteiger partial charge in [-0.3, -0.25) is 0 Å². The van der Waals surface area contributed by atoms with Gasteiger partial charge in [0.05, 0.1) is 0 Å². The summed E-state index contributed by atoms with van der Waals surface area (Å²) in [4.78, 5) is 0. The van der Waals surface area contributed by atoms with E-state index >= 15 is 0 Å². The van der Waals surface area contributed by atoms with Crippen LogP contribution in [0, 0.1) is 11.8 Å². The molecule has 0 saturated heterocycles. The van der Waals surface area contributed by atoms with Gasteiger partial charge in [0.1, 0.15) is 0 Å². The summed E-state index contributed by atoms with van der Waals surface area (Å²) >= 11 is 0. The second-order valence-corrected chi connectivity index (χ2v) is 7.44. The van der Waals surface area contributed by atoms with E-state index in [0.717, 1.165) is 11.8 Å². The average molecular weight is 295 g/mol. The van der Waals surface area contributed by atoms with Gasteiger partial charge < -0.3 is 0 Å². The predicted molar refractivity (Wildman–Crippen MR) is 102 cm³/mol. The van der Waals surface area contributed by atoms with Crippen LogP contribution in [0.15, 0.2) is 24.3 Å². The fourth-order valence-electron chi connectivity index (χ4n) is 1.27. The molecule has 0 aliphatic carbocycles. The third kappa shape index (κ3) is 19.2. The summed E-state index contributed by atoms with van der Waals surface area (Å²) in [7, 11) is 0. The van der Waals surface area contributed by atoms with Gasteiger partial charge in [0.15, 0.2) is 0 Å². The minimum atomic E-state index is 0. The molecule has 0 unspecified atom stereocenters. The molecule has 21 heavy (non-hydrogen) atoms. The smallest absolute Gasteiger partial charge is 0.0219 e. The van der Waals surface area contributed by atoms with Crippen LogP contribution in [-0.2, 0) is 0 Å². The van der Waals surface area contributed by atoms with Crippen LogP contribution in [-0.4, -0.2) is 0 Å². The number of hydrogen-bond donors (Lipinski definition) is 0. The SMILES string of the molecule is C.CC(C)C.CC(C)C.CC(C)c1ccc(C(C)C)cc1. The second-order valence-electron chi connectivity index (χ2n) is 7.44. The summed E-state index contributed by atoms with van der Waals surface area (Å²) in [5, 5.41) is 0. The first kappa shape index (κ1) is 25.2.